The maximum Gasteiger partial charge on any atom is 0.239 e. The van der Waals surface area contributed by atoms with Crippen molar-refractivity contribution in [2.45, 2.75) is 31.5 Å². The van der Waals surface area contributed by atoms with E-state index in [1.807, 2.05) is 6.92 Å². The molecule has 1 amide bonds. The van der Waals surface area contributed by atoms with Crippen LogP contribution in [0, 0.1) is 11.7 Å². The van der Waals surface area contributed by atoms with Crippen LogP contribution in [0.25, 0.3) is 0 Å². The highest BCUT2D eigenvalue weighted by molar-refractivity contribution is 6.30. The van der Waals surface area contributed by atoms with Gasteiger partial charge in [0.25, 0.3) is 0 Å². The summed E-state index contributed by atoms with van der Waals surface area (Å²) in [6.45, 7) is 3.65. The maximum absolute atomic E-state index is 13.2. The summed E-state index contributed by atoms with van der Waals surface area (Å²) < 4.78 is 13.2. The van der Waals surface area contributed by atoms with Crippen molar-refractivity contribution in [2.75, 3.05) is 13.1 Å². The topological polar surface area (TPSA) is 65.2 Å². The minimum Gasteiger partial charge on any atom is -0.348 e. The normalized spacial score (nSPS) is 29.0. The Balaban J connectivity index is 1.64. The monoisotopic (exact) mass is 326 g/mol. The van der Waals surface area contributed by atoms with E-state index in [-0.39, 0.29) is 28.9 Å². The van der Waals surface area contributed by atoms with Crippen LogP contribution in [0.5, 0.6) is 0 Å². The largest absolute Gasteiger partial charge is 0.348 e. The standard InChI is InChI=1S/C15H20ClFN4O/c1-8(9-2-3-12(17)11(16)6-9)19-15(22)14-10-7-18-5-4-13(10)20-21-14/h2-3,6,8,10,13-14,18,20-21H,4-5,7H2,1H3,(H,19,22). The first kappa shape index (κ1) is 15.7. The highest BCUT2D eigenvalue weighted by atomic mass is 35.5. The molecule has 5 nitrogen and oxygen atoms in total. The molecule has 2 aliphatic heterocycles. The molecule has 1 aromatic rings. The SMILES string of the molecule is CC(NC(=O)C1NNC2CCNCC21)c1ccc(F)c(Cl)c1. The molecule has 4 atom stereocenters. The van der Waals surface area contributed by atoms with Gasteiger partial charge in [-0.2, -0.15) is 0 Å². The minimum absolute atomic E-state index is 0.0587. The van der Waals surface area contributed by atoms with Crippen LogP contribution in [-0.2, 0) is 4.79 Å². The number of amides is 1. The van der Waals surface area contributed by atoms with E-state index in [0.29, 0.717) is 6.04 Å². The third kappa shape index (κ3) is 3.10. The van der Waals surface area contributed by atoms with Crippen molar-refractivity contribution in [2.24, 2.45) is 5.92 Å². The molecule has 0 radical (unpaired) electrons. The highest BCUT2D eigenvalue weighted by Crippen LogP contribution is 2.23. The summed E-state index contributed by atoms with van der Waals surface area (Å²) in [5, 5.41) is 6.35. The van der Waals surface area contributed by atoms with Crippen LogP contribution in [0.4, 0.5) is 4.39 Å². The van der Waals surface area contributed by atoms with Crippen LogP contribution < -0.4 is 21.5 Å². The lowest BCUT2D eigenvalue weighted by Gasteiger charge is -2.28. The Labute approximate surface area is 134 Å². The molecular formula is C15H20ClFN4O. The molecule has 0 aromatic heterocycles. The number of rotatable bonds is 3. The van der Waals surface area contributed by atoms with Crippen LogP contribution in [0.2, 0.25) is 5.02 Å². The zero-order valence-electron chi connectivity index (χ0n) is 12.3. The number of hydrazine groups is 1. The van der Waals surface area contributed by atoms with Gasteiger partial charge in [-0.15, -0.1) is 0 Å². The Bertz CT molecular complexity index is 570. The Kier molecular flexibility index (Phi) is 4.63. The number of fused-ring (bicyclic) bond motifs is 1. The Hall–Kier alpha value is -1.21. The van der Waals surface area contributed by atoms with Gasteiger partial charge in [0.15, 0.2) is 0 Å². The Morgan fingerprint density at radius 1 is 1.45 bits per heavy atom. The second-order valence-electron chi connectivity index (χ2n) is 5.93. The third-order valence-electron chi connectivity index (χ3n) is 4.47. The van der Waals surface area contributed by atoms with Crippen LogP contribution in [0.3, 0.4) is 0 Å². The van der Waals surface area contributed by atoms with Crippen molar-refractivity contribution >= 4 is 17.5 Å². The predicted octanol–water partition coefficient (Wildman–Crippen LogP) is 1.11. The van der Waals surface area contributed by atoms with Crippen LogP contribution in [-0.4, -0.2) is 31.1 Å². The summed E-state index contributed by atoms with van der Waals surface area (Å²) in [4.78, 5) is 12.5. The summed E-state index contributed by atoms with van der Waals surface area (Å²) in [6, 6.07) is 4.33. The van der Waals surface area contributed by atoms with Crippen LogP contribution in [0.15, 0.2) is 18.2 Å². The molecule has 4 unspecified atom stereocenters. The third-order valence-corrected chi connectivity index (χ3v) is 4.76. The second kappa shape index (κ2) is 6.50. The van der Waals surface area contributed by atoms with Gasteiger partial charge < -0.3 is 10.6 Å². The van der Waals surface area contributed by atoms with Crippen molar-refractivity contribution in [3.8, 4) is 0 Å². The van der Waals surface area contributed by atoms with E-state index < -0.39 is 5.82 Å². The molecule has 0 bridgehead atoms. The molecule has 4 N–H and O–H groups in total. The van der Waals surface area contributed by atoms with Crippen LogP contribution >= 0.6 is 11.6 Å². The molecule has 120 valence electrons. The summed E-state index contributed by atoms with van der Waals surface area (Å²) in [6.07, 6.45) is 1.00. The van der Waals surface area contributed by atoms with Crippen LogP contribution in [0.1, 0.15) is 24.9 Å². The van der Waals surface area contributed by atoms with E-state index in [2.05, 4.69) is 21.5 Å². The first-order chi connectivity index (χ1) is 10.6. The summed E-state index contributed by atoms with van der Waals surface area (Å²) in [5.41, 5.74) is 7.07. The van der Waals surface area contributed by atoms with Gasteiger partial charge in [-0.25, -0.2) is 9.82 Å². The number of halogens is 2. The molecule has 2 saturated heterocycles. The highest BCUT2D eigenvalue weighted by Gasteiger charge is 2.41. The van der Waals surface area contributed by atoms with Gasteiger partial charge in [-0.1, -0.05) is 17.7 Å². The molecule has 7 heteroatoms. The lowest BCUT2D eigenvalue weighted by molar-refractivity contribution is -0.124. The van der Waals surface area contributed by atoms with E-state index in [1.54, 1.807) is 12.1 Å². The van der Waals surface area contributed by atoms with Gasteiger partial charge in [0.05, 0.1) is 11.1 Å². The molecule has 0 saturated carbocycles. The average Bonchev–Trinajstić information content (AvgIpc) is 2.94. The van der Waals surface area contributed by atoms with E-state index in [0.717, 1.165) is 25.1 Å². The van der Waals surface area contributed by atoms with Gasteiger partial charge in [0, 0.05) is 18.5 Å². The molecule has 2 heterocycles. The smallest absolute Gasteiger partial charge is 0.239 e. The minimum atomic E-state index is -0.457. The van der Waals surface area contributed by atoms with E-state index in [1.165, 1.54) is 6.07 Å². The van der Waals surface area contributed by atoms with Gasteiger partial charge in [0.2, 0.25) is 5.91 Å². The molecule has 0 spiro atoms. The number of nitrogens with one attached hydrogen (secondary N) is 4. The maximum atomic E-state index is 13.2. The molecule has 1 aromatic carbocycles. The van der Waals surface area contributed by atoms with E-state index in [9.17, 15) is 9.18 Å². The second-order valence-corrected chi connectivity index (χ2v) is 6.34. The fourth-order valence-electron chi connectivity index (χ4n) is 3.14. The predicted molar refractivity (Wildman–Crippen MR) is 82.8 cm³/mol. The van der Waals surface area contributed by atoms with Gasteiger partial charge in [-0.3, -0.25) is 10.2 Å². The van der Waals surface area contributed by atoms with Crippen molar-refractivity contribution in [3.05, 3.63) is 34.6 Å². The number of piperidine rings is 1. The summed E-state index contributed by atoms with van der Waals surface area (Å²) in [5.74, 6) is -0.281. The molecule has 22 heavy (non-hydrogen) atoms. The lowest BCUT2D eigenvalue weighted by Crippen LogP contribution is -2.49. The zero-order chi connectivity index (χ0) is 15.7. The molecule has 2 fully saturated rings. The molecule has 2 aliphatic rings. The summed E-state index contributed by atoms with van der Waals surface area (Å²) in [7, 11) is 0. The number of hydrogen-bond acceptors (Lipinski definition) is 4. The van der Waals surface area contributed by atoms with Crippen molar-refractivity contribution in [1.82, 2.24) is 21.5 Å². The van der Waals surface area contributed by atoms with E-state index in [4.69, 9.17) is 11.6 Å². The van der Waals surface area contributed by atoms with Gasteiger partial charge in [0.1, 0.15) is 11.9 Å². The molecular weight excluding hydrogens is 307 g/mol. The van der Waals surface area contributed by atoms with Gasteiger partial charge in [-0.05, 0) is 37.6 Å². The van der Waals surface area contributed by atoms with Crippen molar-refractivity contribution in [1.29, 1.82) is 0 Å². The zero-order valence-corrected chi connectivity index (χ0v) is 13.1. The average molecular weight is 327 g/mol. The fourth-order valence-corrected chi connectivity index (χ4v) is 3.33. The van der Waals surface area contributed by atoms with Crippen molar-refractivity contribution < 1.29 is 9.18 Å². The first-order valence-electron chi connectivity index (χ1n) is 7.53. The number of carbonyl (C=O) groups excluding carboxylic acids is 1. The van der Waals surface area contributed by atoms with Crippen molar-refractivity contribution in [3.63, 3.8) is 0 Å². The fraction of sp³-hybridized carbons (Fsp3) is 0.533. The number of hydrogen-bond donors (Lipinski definition) is 4. The number of carbonyl (C=O) groups is 1. The van der Waals surface area contributed by atoms with Gasteiger partial charge >= 0.3 is 0 Å². The quantitative estimate of drug-likeness (QED) is 0.672. The first-order valence-corrected chi connectivity index (χ1v) is 7.91. The molecule has 0 aliphatic carbocycles. The Morgan fingerprint density at radius 3 is 3.05 bits per heavy atom. The Morgan fingerprint density at radius 2 is 2.27 bits per heavy atom. The lowest BCUT2D eigenvalue weighted by atomic mass is 9.89. The number of benzene rings is 1. The molecule has 3 rings (SSSR count). The summed E-state index contributed by atoms with van der Waals surface area (Å²) >= 11 is 5.79. The van der Waals surface area contributed by atoms with E-state index >= 15 is 0 Å².